The van der Waals surface area contributed by atoms with Gasteiger partial charge in [-0.3, -0.25) is 0 Å². The molecule has 0 bridgehead atoms. The van der Waals surface area contributed by atoms with Gasteiger partial charge in [0.05, 0.1) is 12.7 Å². The van der Waals surface area contributed by atoms with Gasteiger partial charge in [0.15, 0.2) is 0 Å². The van der Waals surface area contributed by atoms with Crippen molar-refractivity contribution in [3.8, 4) is 0 Å². The smallest absolute Gasteiger partial charge is 0.0675 e. The molecule has 1 saturated carbocycles. The molecule has 2 nitrogen and oxygen atoms in total. The van der Waals surface area contributed by atoms with Crippen molar-refractivity contribution in [1.82, 2.24) is 0 Å². The number of ether oxygens (including phenoxy) is 1. The highest BCUT2D eigenvalue weighted by atomic mass is 16.5. The van der Waals surface area contributed by atoms with Crippen LogP contribution in [0.25, 0.3) is 0 Å². The first kappa shape index (κ1) is 10.7. The summed E-state index contributed by atoms with van der Waals surface area (Å²) in [7, 11) is 0. The molecule has 0 aliphatic heterocycles. The van der Waals surface area contributed by atoms with E-state index in [0.717, 1.165) is 12.1 Å². The zero-order valence-corrected chi connectivity index (χ0v) is 8.59. The molecule has 1 rings (SSSR count). The second kappa shape index (κ2) is 5.40. The van der Waals surface area contributed by atoms with Crippen LogP contribution in [-0.2, 0) is 4.74 Å². The summed E-state index contributed by atoms with van der Waals surface area (Å²) in [5.74, 6) is 0.577. The number of hydrogen-bond acceptors (Lipinski definition) is 2. The van der Waals surface area contributed by atoms with Gasteiger partial charge in [-0.1, -0.05) is 25.0 Å². The summed E-state index contributed by atoms with van der Waals surface area (Å²) >= 11 is 0. The first-order valence-electron chi connectivity index (χ1n) is 5.20. The Balaban J connectivity index is 2.31. The van der Waals surface area contributed by atoms with Crippen molar-refractivity contribution in [3.63, 3.8) is 0 Å². The molecule has 1 aliphatic rings. The number of rotatable bonds is 4. The third-order valence-corrected chi connectivity index (χ3v) is 2.69. The lowest BCUT2D eigenvalue weighted by molar-refractivity contribution is 0.00397. The first-order valence-corrected chi connectivity index (χ1v) is 5.20. The molecule has 0 saturated heterocycles. The molecule has 2 atom stereocenters. The van der Waals surface area contributed by atoms with Gasteiger partial charge in [-0.25, -0.2) is 0 Å². The summed E-state index contributed by atoms with van der Waals surface area (Å²) in [6, 6.07) is 0. The zero-order valence-electron chi connectivity index (χ0n) is 8.59. The molecule has 0 aromatic carbocycles. The van der Waals surface area contributed by atoms with Crippen molar-refractivity contribution < 1.29 is 4.74 Å². The summed E-state index contributed by atoms with van der Waals surface area (Å²) in [5, 5.41) is 0. The Bertz CT molecular complexity index is 167. The first-order chi connectivity index (χ1) is 6.24. The molecule has 1 fully saturated rings. The second-order valence-electron chi connectivity index (χ2n) is 4.09. The molecular weight excluding hydrogens is 162 g/mol. The Kier molecular flexibility index (Phi) is 4.46. The van der Waals surface area contributed by atoms with E-state index in [2.05, 4.69) is 6.58 Å². The fraction of sp³-hybridized carbons (Fsp3) is 0.818. The molecule has 0 aromatic rings. The Morgan fingerprint density at radius 1 is 1.46 bits per heavy atom. The van der Waals surface area contributed by atoms with Crippen LogP contribution in [0, 0.1) is 5.92 Å². The molecular formula is C11H21NO. The van der Waals surface area contributed by atoms with Gasteiger partial charge in [-0.05, 0) is 32.2 Å². The van der Waals surface area contributed by atoms with Crippen LogP contribution in [0.15, 0.2) is 12.2 Å². The monoisotopic (exact) mass is 183 g/mol. The highest BCUT2D eigenvalue weighted by Crippen LogP contribution is 2.26. The third kappa shape index (κ3) is 3.49. The van der Waals surface area contributed by atoms with Crippen LogP contribution < -0.4 is 5.73 Å². The minimum Gasteiger partial charge on any atom is -0.374 e. The predicted octanol–water partition coefficient (Wildman–Crippen LogP) is 2.10. The van der Waals surface area contributed by atoms with Crippen molar-refractivity contribution in [2.24, 2.45) is 11.7 Å². The van der Waals surface area contributed by atoms with Gasteiger partial charge in [0.1, 0.15) is 0 Å². The third-order valence-electron chi connectivity index (χ3n) is 2.69. The SMILES string of the molecule is C=C(C)COC1CCCCC1CN. The van der Waals surface area contributed by atoms with E-state index >= 15 is 0 Å². The minimum absolute atomic E-state index is 0.385. The zero-order chi connectivity index (χ0) is 9.68. The summed E-state index contributed by atoms with van der Waals surface area (Å²) in [4.78, 5) is 0. The van der Waals surface area contributed by atoms with Gasteiger partial charge in [-0.15, -0.1) is 0 Å². The predicted molar refractivity (Wildman–Crippen MR) is 55.6 cm³/mol. The molecule has 0 aromatic heterocycles. The minimum atomic E-state index is 0.385. The van der Waals surface area contributed by atoms with E-state index in [1.54, 1.807) is 0 Å². The summed E-state index contributed by atoms with van der Waals surface area (Å²) in [5.41, 5.74) is 6.80. The molecule has 2 N–H and O–H groups in total. The van der Waals surface area contributed by atoms with Gasteiger partial charge < -0.3 is 10.5 Å². The van der Waals surface area contributed by atoms with Crippen LogP contribution in [0.2, 0.25) is 0 Å². The lowest BCUT2D eigenvalue weighted by Gasteiger charge is -2.30. The van der Waals surface area contributed by atoms with E-state index in [0.29, 0.717) is 18.6 Å². The molecule has 2 unspecified atom stereocenters. The van der Waals surface area contributed by atoms with Crippen LogP contribution in [0.3, 0.4) is 0 Å². The fourth-order valence-electron chi connectivity index (χ4n) is 1.91. The molecule has 0 radical (unpaired) electrons. The van der Waals surface area contributed by atoms with Crippen LogP contribution >= 0.6 is 0 Å². The highest BCUT2D eigenvalue weighted by molar-refractivity contribution is 4.89. The maximum absolute atomic E-state index is 5.77. The summed E-state index contributed by atoms with van der Waals surface area (Å²) in [6.45, 7) is 7.29. The molecule has 0 amide bonds. The average Bonchev–Trinajstić information content (AvgIpc) is 2.15. The molecule has 2 heteroatoms. The fourth-order valence-corrected chi connectivity index (χ4v) is 1.91. The van der Waals surface area contributed by atoms with E-state index in [4.69, 9.17) is 10.5 Å². The summed E-state index contributed by atoms with van der Waals surface area (Å²) < 4.78 is 5.77. The lowest BCUT2D eigenvalue weighted by Crippen LogP contribution is -2.33. The Hall–Kier alpha value is -0.340. The maximum atomic E-state index is 5.77. The highest BCUT2D eigenvalue weighted by Gasteiger charge is 2.24. The lowest BCUT2D eigenvalue weighted by atomic mass is 9.86. The normalized spacial score (nSPS) is 28.8. The Morgan fingerprint density at radius 3 is 2.77 bits per heavy atom. The maximum Gasteiger partial charge on any atom is 0.0675 e. The standard InChI is InChI=1S/C11H21NO/c1-9(2)8-13-11-6-4-3-5-10(11)7-12/h10-11H,1,3-8,12H2,2H3. The van der Waals surface area contributed by atoms with E-state index in [1.165, 1.54) is 25.7 Å². The van der Waals surface area contributed by atoms with E-state index in [-0.39, 0.29) is 0 Å². The average molecular weight is 183 g/mol. The van der Waals surface area contributed by atoms with Crippen molar-refractivity contribution in [2.45, 2.75) is 38.7 Å². The topological polar surface area (TPSA) is 35.2 Å². The van der Waals surface area contributed by atoms with Crippen LogP contribution in [-0.4, -0.2) is 19.3 Å². The molecule has 0 spiro atoms. The quantitative estimate of drug-likeness (QED) is 0.677. The van der Waals surface area contributed by atoms with Crippen molar-refractivity contribution >= 4 is 0 Å². The number of nitrogens with two attached hydrogens (primary N) is 1. The number of hydrogen-bond donors (Lipinski definition) is 1. The van der Waals surface area contributed by atoms with E-state index in [9.17, 15) is 0 Å². The molecule has 1 aliphatic carbocycles. The van der Waals surface area contributed by atoms with Crippen molar-refractivity contribution in [2.75, 3.05) is 13.2 Å². The molecule has 0 heterocycles. The Morgan fingerprint density at radius 2 is 2.15 bits per heavy atom. The van der Waals surface area contributed by atoms with Crippen LogP contribution in [0.4, 0.5) is 0 Å². The van der Waals surface area contributed by atoms with E-state index < -0.39 is 0 Å². The molecule has 76 valence electrons. The van der Waals surface area contributed by atoms with Gasteiger partial charge in [-0.2, -0.15) is 0 Å². The Labute approximate surface area is 81.1 Å². The van der Waals surface area contributed by atoms with Gasteiger partial charge >= 0.3 is 0 Å². The second-order valence-corrected chi connectivity index (χ2v) is 4.09. The largest absolute Gasteiger partial charge is 0.374 e. The van der Waals surface area contributed by atoms with Crippen LogP contribution in [0.5, 0.6) is 0 Å². The molecule has 13 heavy (non-hydrogen) atoms. The van der Waals surface area contributed by atoms with Crippen molar-refractivity contribution in [3.05, 3.63) is 12.2 Å². The van der Waals surface area contributed by atoms with E-state index in [1.807, 2.05) is 6.92 Å². The summed E-state index contributed by atoms with van der Waals surface area (Å²) in [6.07, 6.45) is 5.40. The van der Waals surface area contributed by atoms with Gasteiger partial charge in [0.25, 0.3) is 0 Å². The van der Waals surface area contributed by atoms with Gasteiger partial charge in [0, 0.05) is 0 Å². The van der Waals surface area contributed by atoms with Crippen LogP contribution in [0.1, 0.15) is 32.6 Å². The van der Waals surface area contributed by atoms with Crippen molar-refractivity contribution in [1.29, 1.82) is 0 Å². The van der Waals surface area contributed by atoms with Gasteiger partial charge in [0.2, 0.25) is 0 Å².